The maximum atomic E-state index is 13.5. The van der Waals surface area contributed by atoms with Crippen molar-refractivity contribution in [2.24, 2.45) is 0 Å². The highest BCUT2D eigenvalue weighted by molar-refractivity contribution is 5.91. The van der Waals surface area contributed by atoms with E-state index in [0.717, 1.165) is 26.2 Å². The van der Waals surface area contributed by atoms with Crippen LogP contribution in [0.25, 0.3) is 22.1 Å². The van der Waals surface area contributed by atoms with Crippen molar-refractivity contribution in [3.63, 3.8) is 0 Å². The van der Waals surface area contributed by atoms with Crippen LogP contribution in [0.2, 0.25) is 0 Å². The molecule has 0 spiro atoms. The predicted octanol–water partition coefficient (Wildman–Crippen LogP) is 2.93. The molecule has 1 N–H and O–H groups in total. The van der Waals surface area contributed by atoms with Gasteiger partial charge in [-0.25, -0.2) is 0 Å². The highest BCUT2D eigenvalue weighted by atomic mass is 16.5. The Bertz CT molecular complexity index is 1120. The summed E-state index contributed by atoms with van der Waals surface area (Å²) in [6, 6.07) is 8.80. The van der Waals surface area contributed by atoms with E-state index in [9.17, 15) is 9.90 Å². The van der Waals surface area contributed by atoms with Gasteiger partial charge in [0.05, 0.1) is 25.3 Å². The Morgan fingerprint density at radius 1 is 1.03 bits per heavy atom. The molecule has 1 aliphatic heterocycles. The van der Waals surface area contributed by atoms with Gasteiger partial charge in [-0.05, 0) is 13.1 Å². The number of fused-ring (bicyclic) bond motifs is 1. The Labute approximate surface area is 175 Å². The highest BCUT2D eigenvalue weighted by Crippen LogP contribution is 2.37. The minimum atomic E-state index is -0.225. The van der Waals surface area contributed by atoms with Crippen molar-refractivity contribution in [2.45, 2.75) is 6.54 Å². The van der Waals surface area contributed by atoms with Gasteiger partial charge in [0.2, 0.25) is 5.43 Å². The lowest BCUT2D eigenvalue weighted by atomic mass is 10.0. The Hall–Kier alpha value is -3.03. The lowest BCUT2D eigenvalue weighted by Crippen LogP contribution is -2.43. The van der Waals surface area contributed by atoms with Crippen molar-refractivity contribution < 1.29 is 19.0 Å². The molecule has 7 nitrogen and oxygen atoms in total. The van der Waals surface area contributed by atoms with Gasteiger partial charge in [-0.1, -0.05) is 18.2 Å². The van der Waals surface area contributed by atoms with Crippen LogP contribution in [0.3, 0.4) is 0 Å². The number of methoxy groups -OCH3 is 2. The molecule has 0 aliphatic carbocycles. The summed E-state index contributed by atoms with van der Waals surface area (Å²) in [5.41, 5.74) is 1.76. The molecular formula is C23H26N2O5. The molecule has 4 rings (SSSR count). The third-order valence-corrected chi connectivity index (χ3v) is 5.69. The lowest BCUT2D eigenvalue weighted by molar-refractivity contribution is 0.147. The molecule has 1 fully saturated rings. The Kier molecular flexibility index (Phi) is 5.65. The number of benzene rings is 2. The summed E-state index contributed by atoms with van der Waals surface area (Å²) in [7, 11) is 5.13. The maximum Gasteiger partial charge on any atom is 0.204 e. The number of rotatable bonds is 5. The molecule has 7 heteroatoms. The summed E-state index contributed by atoms with van der Waals surface area (Å²) in [4.78, 5) is 18.0. The first kappa shape index (κ1) is 20.3. The van der Waals surface area contributed by atoms with Crippen molar-refractivity contribution in [1.82, 2.24) is 9.80 Å². The number of likely N-dealkylation sites (N-methyl/N-ethyl adjacent to an activating group) is 1. The molecule has 2 heterocycles. The number of hydrogen-bond donors (Lipinski definition) is 1. The first-order valence-electron chi connectivity index (χ1n) is 9.92. The molecule has 2 aromatic carbocycles. The summed E-state index contributed by atoms with van der Waals surface area (Å²) in [6.07, 6.45) is 1.44. The van der Waals surface area contributed by atoms with E-state index in [-0.39, 0.29) is 16.9 Å². The number of phenolic OH excluding ortho intramolecular Hbond substituents is 1. The minimum Gasteiger partial charge on any atom is -0.507 e. The lowest BCUT2D eigenvalue weighted by Gasteiger charge is -2.32. The van der Waals surface area contributed by atoms with Crippen molar-refractivity contribution in [3.05, 3.63) is 52.4 Å². The third kappa shape index (κ3) is 3.62. The molecule has 3 aromatic rings. The fourth-order valence-electron chi connectivity index (χ4n) is 3.91. The zero-order valence-corrected chi connectivity index (χ0v) is 17.5. The van der Waals surface area contributed by atoms with Crippen LogP contribution in [0, 0.1) is 0 Å². The quantitative estimate of drug-likeness (QED) is 0.693. The van der Waals surface area contributed by atoms with Crippen LogP contribution in [0.5, 0.6) is 17.2 Å². The van der Waals surface area contributed by atoms with Crippen LogP contribution < -0.4 is 14.9 Å². The average Bonchev–Trinajstić information content (AvgIpc) is 2.77. The number of phenols is 1. The first-order valence-corrected chi connectivity index (χ1v) is 9.92. The van der Waals surface area contributed by atoms with E-state index in [1.165, 1.54) is 19.4 Å². The Morgan fingerprint density at radius 2 is 1.73 bits per heavy atom. The van der Waals surface area contributed by atoms with Gasteiger partial charge in [0.15, 0.2) is 0 Å². The molecule has 1 aromatic heterocycles. The number of para-hydroxylation sites is 1. The first-order chi connectivity index (χ1) is 14.5. The van der Waals surface area contributed by atoms with Gasteiger partial charge in [0.1, 0.15) is 34.5 Å². The van der Waals surface area contributed by atoms with Crippen LogP contribution in [0.15, 0.2) is 45.8 Å². The zero-order valence-electron chi connectivity index (χ0n) is 17.5. The number of hydrogen-bond acceptors (Lipinski definition) is 7. The van der Waals surface area contributed by atoms with Gasteiger partial charge >= 0.3 is 0 Å². The van der Waals surface area contributed by atoms with Gasteiger partial charge in [-0.2, -0.15) is 0 Å². The molecule has 0 bridgehead atoms. The number of ether oxygens (including phenoxy) is 2. The van der Waals surface area contributed by atoms with Gasteiger partial charge in [-0.3, -0.25) is 9.69 Å². The Balaban J connectivity index is 1.86. The molecule has 30 heavy (non-hydrogen) atoms. The zero-order chi connectivity index (χ0) is 21.3. The minimum absolute atomic E-state index is 0.0615. The van der Waals surface area contributed by atoms with Crippen LogP contribution in [-0.4, -0.2) is 62.4 Å². The van der Waals surface area contributed by atoms with Gasteiger partial charge in [-0.15, -0.1) is 0 Å². The fourth-order valence-corrected chi connectivity index (χ4v) is 3.91. The summed E-state index contributed by atoms with van der Waals surface area (Å²) >= 11 is 0. The molecule has 0 unspecified atom stereocenters. The molecule has 0 radical (unpaired) electrons. The second-order valence-electron chi connectivity index (χ2n) is 7.54. The molecule has 1 saturated heterocycles. The van der Waals surface area contributed by atoms with Crippen molar-refractivity contribution in [2.75, 3.05) is 47.4 Å². The van der Waals surface area contributed by atoms with Crippen molar-refractivity contribution in [3.8, 4) is 28.4 Å². The van der Waals surface area contributed by atoms with Crippen LogP contribution in [0.1, 0.15) is 5.56 Å². The van der Waals surface area contributed by atoms with E-state index in [1.807, 2.05) is 18.2 Å². The summed E-state index contributed by atoms with van der Waals surface area (Å²) < 4.78 is 16.8. The van der Waals surface area contributed by atoms with Crippen LogP contribution in [-0.2, 0) is 6.54 Å². The summed E-state index contributed by atoms with van der Waals surface area (Å²) in [6.45, 7) is 4.17. The summed E-state index contributed by atoms with van der Waals surface area (Å²) in [5.74, 6) is 0.932. The fraction of sp³-hybridized carbons (Fsp3) is 0.348. The van der Waals surface area contributed by atoms with E-state index in [4.69, 9.17) is 13.9 Å². The Morgan fingerprint density at radius 3 is 2.43 bits per heavy atom. The maximum absolute atomic E-state index is 13.5. The molecular weight excluding hydrogens is 384 g/mol. The standard InChI is InChI=1S/C23H26N2O5/c1-24-8-10-25(11-9-24)13-16-18(26)12-20(29-3)21-22(27)17(14-30-23(16)21)15-6-4-5-7-19(15)28-2/h4-7,12,14,26H,8-11,13H2,1-3H3. The van der Waals surface area contributed by atoms with E-state index in [0.29, 0.717) is 40.0 Å². The van der Waals surface area contributed by atoms with E-state index in [2.05, 4.69) is 16.8 Å². The normalized spacial score (nSPS) is 15.4. The topological polar surface area (TPSA) is 75.4 Å². The van der Waals surface area contributed by atoms with Crippen LogP contribution in [0.4, 0.5) is 0 Å². The molecule has 0 saturated carbocycles. The second kappa shape index (κ2) is 8.38. The SMILES string of the molecule is COc1ccccc1-c1coc2c(CN3CCN(C)CC3)c(O)cc(OC)c2c1=O. The van der Waals surface area contributed by atoms with Gasteiger partial charge in [0.25, 0.3) is 0 Å². The van der Waals surface area contributed by atoms with E-state index in [1.54, 1.807) is 13.2 Å². The van der Waals surface area contributed by atoms with Gasteiger partial charge in [0, 0.05) is 44.4 Å². The van der Waals surface area contributed by atoms with Crippen LogP contribution >= 0.6 is 0 Å². The molecule has 1 aliphatic rings. The molecule has 0 atom stereocenters. The van der Waals surface area contributed by atoms with E-state index < -0.39 is 0 Å². The number of aromatic hydroxyl groups is 1. The second-order valence-corrected chi connectivity index (χ2v) is 7.54. The number of piperazine rings is 1. The molecule has 158 valence electrons. The number of nitrogens with zero attached hydrogens (tertiary/aromatic N) is 2. The summed E-state index contributed by atoms with van der Waals surface area (Å²) in [5, 5.41) is 11.0. The van der Waals surface area contributed by atoms with Crippen molar-refractivity contribution >= 4 is 11.0 Å². The average molecular weight is 410 g/mol. The highest BCUT2D eigenvalue weighted by Gasteiger charge is 2.23. The largest absolute Gasteiger partial charge is 0.507 e. The monoisotopic (exact) mass is 410 g/mol. The molecule has 0 amide bonds. The third-order valence-electron chi connectivity index (χ3n) is 5.69. The van der Waals surface area contributed by atoms with E-state index >= 15 is 0 Å². The van der Waals surface area contributed by atoms with Gasteiger partial charge < -0.3 is 23.9 Å². The van der Waals surface area contributed by atoms with Crippen molar-refractivity contribution in [1.29, 1.82) is 0 Å². The smallest absolute Gasteiger partial charge is 0.204 e. The predicted molar refractivity (Wildman–Crippen MR) is 115 cm³/mol.